The van der Waals surface area contributed by atoms with E-state index < -0.39 is 9.85 Å². The van der Waals surface area contributed by atoms with E-state index in [1.165, 1.54) is 48.8 Å². The summed E-state index contributed by atoms with van der Waals surface area (Å²) in [5, 5.41) is 34.6. The molecule has 200 valence electrons. The van der Waals surface area contributed by atoms with Gasteiger partial charge in [-0.25, -0.2) is 4.99 Å². The van der Waals surface area contributed by atoms with Gasteiger partial charge in [-0.15, -0.1) is 10.2 Å². The van der Waals surface area contributed by atoms with Crippen molar-refractivity contribution in [1.82, 2.24) is 14.9 Å². The fraction of sp³-hybridized carbons (Fsp3) is 0. The van der Waals surface area contributed by atoms with E-state index in [2.05, 4.69) is 20.3 Å². The second kappa shape index (κ2) is 10.8. The van der Waals surface area contributed by atoms with Crippen LogP contribution in [0.3, 0.4) is 0 Å². The number of nitrogens with zero attached hydrogens (tertiary/aromatic N) is 7. The van der Waals surface area contributed by atoms with Gasteiger partial charge < -0.3 is 14.6 Å². The van der Waals surface area contributed by atoms with E-state index in [-0.39, 0.29) is 39.1 Å². The van der Waals surface area contributed by atoms with E-state index in [9.17, 15) is 20.2 Å². The van der Waals surface area contributed by atoms with Gasteiger partial charge in [-0.1, -0.05) is 23.2 Å². The van der Waals surface area contributed by atoms with Crippen LogP contribution in [0.5, 0.6) is 0 Å². The predicted molar refractivity (Wildman–Crippen MR) is 146 cm³/mol. The van der Waals surface area contributed by atoms with Gasteiger partial charge in [0.2, 0.25) is 5.95 Å². The second-order valence-corrected chi connectivity index (χ2v) is 8.73. The van der Waals surface area contributed by atoms with Crippen LogP contribution >= 0.6 is 23.2 Å². The number of nitro benzene ring substituents is 2. The number of rotatable bonds is 8. The maximum absolute atomic E-state index is 11.1. The number of nitro groups is 2. The quantitative estimate of drug-likeness (QED) is 0.127. The summed E-state index contributed by atoms with van der Waals surface area (Å²) in [7, 11) is 0. The molecule has 0 aliphatic carbocycles. The van der Waals surface area contributed by atoms with Crippen molar-refractivity contribution in [3.05, 3.63) is 102 Å². The first-order valence-electron chi connectivity index (χ1n) is 11.1. The van der Waals surface area contributed by atoms with Crippen molar-refractivity contribution in [1.29, 1.82) is 0 Å². The molecule has 3 aromatic heterocycles. The standard InChI is InChI=1S/C24H14Cl2N8O6/c25-19-5-1-13(33(35)36)9-17(19)21-7-3-15(39-21)11-28-24-31-30-23(27)32(24)29-12-16-4-8-22(40-16)18-10-14(34(37)38)2-6-20(18)26/h1-12H,(H2,27,30). The number of aromatic nitrogens is 3. The SMILES string of the molecule is Nc1nnc(N=Cc2ccc(-c3cc([N+](=O)[O-])ccc3Cl)o2)n1N=Cc1ccc(-c2cc([N+](=O)[O-])ccc2Cl)o1. The molecule has 2 N–H and O–H groups in total. The molecule has 0 unspecified atom stereocenters. The summed E-state index contributed by atoms with van der Waals surface area (Å²) in [4.78, 5) is 25.3. The van der Waals surface area contributed by atoms with Crippen molar-refractivity contribution < 1.29 is 18.7 Å². The van der Waals surface area contributed by atoms with Crippen LogP contribution in [0.1, 0.15) is 11.5 Å². The number of nitrogen functional groups attached to an aromatic ring is 1. The topological polar surface area (TPSA) is 194 Å². The molecule has 0 saturated carbocycles. The number of anilines is 1. The van der Waals surface area contributed by atoms with Crippen molar-refractivity contribution in [3.63, 3.8) is 0 Å². The Kier molecular flexibility index (Phi) is 7.09. The van der Waals surface area contributed by atoms with Gasteiger partial charge in [-0.3, -0.25) is 20.2 Å². The predicted octanol–water partition coefficient (Wildman–Crippen LogP) is 6.14. The molecule has 0 fully saturated rings. The lowest BCUT2D eigenvalue weighted by Crippen LogP contribution is -1.97. The van der Waals surface area contributed by atoms with Crippen LogP contribution in [-0.2, 0) is 0 Å². The first-order valence-corrected chi connectivity index (χ1v) is 11.8. The normalized spacial score (nSPS) is 11.6. The van der Waals surface area contributed by atoms with Crippen molar-refractivity contribution in [2.24, 2.45) is 10.1 Å². The van der Waals surface area contributed by atoms with Crippen LogP contribution in [0.2, 0.25) is 10.0 Å². The lowest BCUT2D eigenvalue weighted by atomic mass is 10.1. The maximum atomic E-state index is 11.1. The van der Waals surface area contributed by atoms with E-state index in [0.717, 1.165) is 4.68 Å². The lowest BCUT2D eigenvalue weighted by Gasteiger charge is -2.01. The number of nitrogens with two attached hydrogens (primary N) is 1. The molecule has 0 spiro atoms. The van der Waals surface area contributed by atoms with Crippen LogP contribution in [0.25, 0.3) is 22.6 Å². The number of aliphatic imine (C=N–C) groups is 1. The lowest BCUT2D eigenvalue weighted by molar-refractivity contribution is -0.385. The Hall–Kier alpha value is -5.34. The summed E-state index contributed by atoms with van der Waals surface area (Å²) < 4.78 is 12.6. The molecule has 5 rings (SSSR count). The highest BCUT2D eigenvalue weighted by atomic mass is 35.5. The van der Waals surface area contributed by atoms with Gasteiger partial charge in [0.1, 0.15) is 23.0 Å². The summed E-state index contributed by atoms with van der Waals surface area (Å²) in [6, 6.07) is 14.4. The Balaban J connectivity index is 1.36. The highest BCUT2D eigenvalue weighted by Crippen LogP contribution is 2.33. The number of hydrogen-bond acceptors (Lipinski definition) is 11. The Morgan fingerprint density at radius 3 is 1.85 bits per heavy atom. The zero-order valence-corrected chi connectivity index (χ0v) is 21.4. The van der Waals surface area contributed by atoms with Crippen LogP contribution in [0, 0.1) is 20.2 Å². The largest absolute Gasteiger partial charge is 0.455 e. The van der Waals surface area contributed by atoms with E-state index >= 15 is 0 Å². The Labute approximate surface area is 233 Å². The van der Waals surface area contributed by atoms with Gasteiger partial charge in [0.25, 0.3) is 17.3 Å². The highest BCUT2D eigenvalue weighted by molar-refractivity contribution is 6.33. The zero-order valence-electron chi connectivity index (χ0n) is 19.8. The molecule has 5 aromatic rings. The fourth-order valence-electron chi connectivity index (χ4n) is 3.48. The molecule has 2 aromatic carbocycles. The van der Waals surface area contributed by atoms with Gasteiger partial charge in [-0.2, -0.15) is 9.78 Å². The fourth-order valence-corrected chi connectivity index (χ4v) is 3.90. The minimum atomic E-state index is -0.533. The Morgan fingerprint density at radius 2 is 1.32 bits per heavy atom. The second-order valence-electron chi connectivity index (χ2n) is 7.92. The van der Waals surface area contributed by atoms with E-state index in [1.54, 1.807) is 24.3 Å². The first-order chi connectivity index (χ1) is 19.2. The van der Waals surface area contributed by atoms with Crippen molar-refractivity contribution >= 4 is 58.9 Å². The third-order valence-corrected chi connectivity index (χ3v) is 6.02. The van der Waals surface area contributed by atoms with Crippen LogP contribution < -0.4 is 5.73 Å². The zero-order chi connectivity index (χ0) is 28.4. The minimum absolute atomic E-state index is 0.00795. The molecule has 0 atom stereocenters. The number of hydrogen-bond donors (Lipinski definition) is 1. The van der Waals surface area contributed by atoms with Crippen molar-refractivity contribution in [3.8, 4) is 22.6 Å². The average Bonchev–Trinajstić information content (AvgIpc) is 3.67. The van der Waals surface area contributed by atoms with Crippen molar-refractivity contribution in [2.75, 3.05) is 5.73 Å². The monoisotopic (exact) mass is 580 g/mol. The molecule has 3 heterocycles. The first kappa shape index (κ1) is 26.3. The van der Waals surface area contributed by atoms with Crippen LogP contribution in [0.15, 0.2) is 79.6 Å². The number of benzene rings is 2. The number of furan rings is 2. The van der Waals surface area contributed by atoms with E-state index in [0.29, 0.717) is 28.4 Å². The summed E-state index contributed by atoms with van der Waals surface area (Å²) in [5.41, 5.74) is 6.28. The third kappa shape index (κ3) is 5.43. The summed E-state index contributed by atoms with van der Waals surface area (Å²) >= 11 is 12.4. The highest BCUT2D eigenvalue weighted by Gasteiger charge is 2.16. The smallest absolute Gasteiger partial charge is 0.273 e. The molecule has 0 aliphatic heterocycles. The van der Waals surface area contributed by atoms with E-state index in [4.69, 9.17) is 37.8 Å². The van der Waals surface area contributed by atoms with E-state index in [1.807, 2.05) is 0 Å². The molecule has 0 aliphatic rings. The maximum Gasteiger partial charge on any atom is 0.273 e. The number of non-ortho nitro benzene ring substituents is 2. The Bertz CT molecular complexity index is 1820. The van der Waals surface area contributed by atoms with Gasteiger partial charge >= 0.3 is 0 Å². The third-order valence-electron chi connectivity index (χ3n) is 5.36. The summed E-state index contributed by atoms with van der Waals surface area (Å²) in [5.74, 6) is 1.10. The summed E-state index contributed by atoms with van der Waals surface area (Å²) in [6.45, 7) is 0. The Morgan fingerprint density at radius 1 is 0.800 bits per heavy atom. The van der Waals surface area contributed by atoms with Gasteiger partial charge in [0, 0.05) is 35.4 Å². The molecule has 40 heavy (non-hydrogen) atoms. The number of halogens is 2. The molecule has 0 bridgehead atoms. The minimum Gasteiger partial charge on any atom is -0.455 e. The molecule has 16 heteroatoms. The van der Waals surface area contributed by atoms with Crippen molar-refractivity contribution in [2.45, 2.75) is 0 Å². The molecular weight excluding hydrogens is 567 g/mol. The van der Waals surface area contributed by atoms with Gasteiger partial charge in [0.05, 0.1) is 32.3 Å². The van der Waals surface area contributed by atoms with Gasteiger partial charge in [0.15, 0.2) is 0 Å². The molecule has 0 saturated heterocycles. The molecule has 14 nitrogen and oxygen atoms in total. The molecule has 0 radical (unpaired) electrons. The van der Waals surface area contributed by atoms with Crippen LogP contribution in [0.4, 0.5) is 23.3 Å². The molecule has 0 amide bonds. The van der Waals surface area contributed by atoms with Gasteiger partial charge in [-0.05, 0) is 36.4 Å². The van der Waals surface area contributed by atoms with Crippen LogP contribution in [-0.4, -0.2) is 37.1 Å². The summed E-state index contributed by atoms with van der Waals surface area (Å²) in [6.07, 6.45) is 2.66. The average molecular weight is 581 g/mol. The molecular formula is C24H14Cl2N8O6.